The number of amides is 1. The molecule has 20 heavy (non-hydrogen) atoms. The molecule has 1 aromatic carbocycles. The molecular formula is C14H11ClN4O. The Morgan fingerprint density at radius 1 is 1.25 bits per heavy atom. The summed E-state index contributed by atoms with van der Waals surface area (Å²) < 4.78 is 1.43. The van der Waals surface area contributed by atoms with Crippen LogP contribution >= 0.6 is 11.6 Å². The number of hydrogen-bond acceptors (Lipinski definition) is 3. The molecule has 0 unspecified atom stereocenters. The quantitative estimate of drug-likeness (QED) is 0.804. The highest BCUT2D eigenvalue weighted by molar-refractivity contribution is 6.30. The highest BCUT2D eigenvalue weighted by Gasteiger charge is 2.10. The summed E-state index contributed by atoms with van der Waals surface area (Å²) in [6.45, 7) is 0.428. The Balaban J connectivity index is 1.71. The van der Waals surface area contributed by atoms with Crippen molar-refractivity contribution in [2.45, 2.75) is 6.54 Å². The van der Waals surface area contributed by atoms with Gasteiger partial charge in [-0.05, 0) is 35.9 Å². The van der Waals surface area contributed by atoms with Gasteiger partial charge in [-0.3, -0.25) is 4.79 Å². The van der Waals surface area contributed by atoms with E-state index in [-0.39, 0.29) is 5.91 Å². The summed E-state index contributed by atoms with van der Waals surface area (Å²) in [6, 6.07) is 12.7. The summed E-state index contributed by atoms with van der Waals surface area (Å²) in [5.41, 5.74) is 2.10. The van der Waals surface area contributed by atoms with E-state index in [2.05, 4.69) is 15.5 Å². The molecule has 2 aromatic heterocycles. The van der Waals surface area contributed by atoms with E-state index in [9.17, 15) is 4.79 Å². The van der Waals surface area contributed by atoms with Gasteiger partial charge in [0.1, 0.15) is 0 Å². The summed E-state index contributed by atoms with van der Waals surface area (Å²) in [5.74, 6) is -0.231. The second-order valence-electron chi connectivity index (χ2n) is 4.28. The zero-order valence-electron chi connectivity index (χ0n) is 10.5. The number of halogens is 1. The van der Waals surface area contributed by atoms with Crippen molar-refractivity contribution >= 4 is 23.0 Å². The van der Waals surface area contributed by atoms with Gasteiger partial charge in [-0.15, -0.1) is 5.10 Å². The van der Waals surface area contributed by atoms with Crippen LogP contribution in [0.25, 0.3) is 5.52 Å². The van der Waals surface area contributed by atoms with Crippen LogP contribution in [0.2, 0.25) is 5.02 Å². The lowest BCUT2D eigenvalue weighted by Crippen LogP contribution is -2.23. The Kier molecular flexibility index (Phi) is 3.35. The largest absolute Gasteiger partial charge is 0.347 e. The van der Waals surface area contributed by atoms with E-state index in [1.54, 1.807) is 30.5 Å². The van der Waals surface area contributed by atoms with E-state index in [4.69, 9.17) is 11.6 Å². The molecule has 0 radical (unpaired) electrons. The molecule has 2 heterocycles. The number of benzene rings is 1. The first-order valence-corrected chi connectivity index (χ1v) is 6.44. The van der Waals surface area contributed by atoms with Crippen LogP contribution in [0.3, 0.4) is 0 Å². The first-order valence-electron chi connectivity index (χ1n) is 6.06. The first kappa shape index (κ1) is 12.6. The third-order valence-corrected chi connectivity index (χ3v) is 3.10. The van der Waals surface area contributed by atoms with Crippen molar-refractivity contribution in [3.05, 3.63) is 64.9 Å². The number of carbonyl (C=O) groups is 1. The van der Waals surface area contributed by atoms with Gasteiger partial charge in [0, 0.05) is 17.8 Å². The fraction of sp³-hybridized carbons (Fsp3) is 0.0714. The summed E-state index contributed by atoms with van der Waals surface area (Å²) in [4.78, 5) is 12.0. The molecule has 6 heteroatoms. The highest BCUT2D eigenvalue weighted by Crippen LogP contribution is 2.09. The lowest BCUT2D eigenvalue weighted by Gasteiger charge is -2.03. The zero-order valence-corrected chi connectivity index (χ0v) is 11.2. The Morgan fingerprint density at radius 3 is 2.80 bits per heavy atom. The van der Waals surface area contributed by atoms with Gasteiger partial charge in [0.2, 0.25) is 0 Å². The van der Waals surface area contributed by atoms with Crippen LogP contribution in [0.1, 0.15) is 16.1 Å². The van der Waals surface area contributed by atoms with Crippen molar-refractivity contribution in [1.82, 2.24) is 20.1 Å². The molecule has 0 aliphatic carbocycles. The molecule has 0 aliphatic heterocycles. The number of fused-ring (bicyclic) bond motifs is 1. The van der Waals surface area contributed by atoms with E-state index in [0.29, 0.717) is 17.3 Å². The fourth-order valence-electron chi connectivity index (χ4n) is 1.82. The smallest absolute Gasteiger partial charge is 0.272 e. The van der Waals surface area contributed by atoms with Crippen LogP contribution < -0.4 is 5.32 Å². The van der Waals surface area contributed by atoms with Gasteiger partial charge >= 0.3 is 0 Å². The standard InChI is InChI=1S/C14H11ClN4O/c15-11-5-3-10(4-6-11)9-16-14(20)13-8-12-2-1-7-17-19(12)18-13/h1-8H,9H2,(H,16,20). The number of carbonyl (C=O) groups excluding carboxylic acids is 1. The zero-order chi connectivity index (χ0) is 13.9. The summed E-state index contributed by atoms with van der Waals surface area (Å²) in [7, 11) is 0. The lowest BCUT2D eigenvalue weighted by molar-refractivity contribution is 0.0945. The van der Waals surface area contributed by atoms with Crippen LogP contribution in [0.5, 0.6) is 0 Å². The average molecular weight is 287 g/mol. The van der Waals surface area contributed by atoms with Crippen LogP contribution in [0.4, 0.5) is 0 Å². The Bertz CT molecular complexity index is 718. The maximum absolute atomic E-state index is 12.0. The number of hydrogen-bond donors (Lipinski definition) is 1. The number of aromatic nitrogens is 3. The Hall–Kier alpha value is -2.40. The minimum Gasteiger partial charge on any atom is -0.347 e. The number of nitrogens with one attached hydrogen (secondary N) is 1. The minimum absolute atomic E-state index is 0.231. The molecule has 3 aromatic rings. The normalized spacial score (nSPS) is 10.7. The van der Waals surface area contributed by atoms with Crippen molar-refractivity contribution in [2.75, 3.05) is 0 Å². The van der Waals surface area contributed by atoms with Crippen molar-refractivity contribution in [3.63, 3.8) is 0 Å². The highest BCUT2D eigenvalue weighted by atomic mass is 35.5. The second kappa shape index (κ2) is 5.30. The van der Waals surface area contributed by atoms with Crippen LogP contribution in [0, 0.1) is 0 Å². The topological polar surface area (TPSA) is 59.3 Å². The van der Waals surface area contributed by atoms with Gasteiger partial charge in [0.15, 0.2) is 5.69 Å². The summed E-state index contributed by atoms with van der Waals surface area (Å²) in [6.07, 6.45) is 1.62. The van der Waals surface area contributed by atoms with Crippen molar-refractivity contribution < 1.29 is 4.79 Å². The lowest BCUT2D eigenvalue weighted by atomic mass is 10.2. The number of nitrogens with zero attached hydrogens (tertiary/aromatic N) is 3. The third-order valence-electron chi connectivity index (χ3n) is 2.85. The predicted molar refractivity (Wildman–Crippen MR) is 75.6 cm³/mol. The maximum atomic E-state index is 12.0. The van der Waals surface area contributed by atoms with Crippen LogP contribution in [0.15, 0.2) is 48.7 Å². The second-order valence-corrected chi connectivity index (χ2v) is 4.71. The van der Waals surface area contributed by atoms with E-state index >= 15 is 0 Å². The molecule has 0 bridgehead atoms. The summed E-state index contributed by atoms with van der Waals surface area (Å²) in [5, 5.41) is 11.6. The molecule has 0 fully saturated rings. The molecule has 100 valence electrons. The van der Waals surface area contributed by atoms with Crippen LogP contribution in [-0.4, -0.2) is 20.7 Å². The van der Waals surface area contributed by atoms with Gasteiger partial charge in [-0.2, -0.15) is 9.73 Å². The van der Waals surface area contributed by atoms with E-state index in [0.717, 1.165) is 11.1 Å². The first-order chi connectivity index (χ1) is 9.72. The monoisotopic (exact) mass is 286 g/mol. The molecule has 0 atom stereocenters. The van der Waals surface area contributed by atoms with Crippen molar-refractivity contribution in [2.24, 2.45) is 0 Å². The molecule has 5 nitrogen and oxygen atoms in total. The molecule has 1 N–H and O–H groups in total. The minimum atomic E-state index is -0.231. The van der Waals surface area contributed by atoms with Gasteiger partial charge < -0.3 is 5.32 Å². The van der Waals surface area contributed by atoms with Crippen molar-refractivity contribution in [1.29, 1.82) is 0 Å². The molecule has 3 rings (SSSR count). The van der Waals surface area contributed by atoms with E-state index in [1.807, 2.05) is 18.2 Å². The molecule has 1 amide bonds. The van der Waals surface area contributed by atoms with E-state index in [1.165, 1.54) is 4.63 Å². The van der Waals surface area contributed by atoms with Crippen LogP contribution in [-0.2, 0) is 6.54 Å². The Morgan fingerprint density at radius 2 is 2.05 bits per heavy atom. The fourth-order valence-corrected chi connectivity index (χ4v) is 1.95. The average Bonchev–Trinajstić information content (AvgIpc) is 2.90. The van der Waals surface area contributed by atoms with Crippen molar-refractivity contribution in [3.8, 4) is 0 Å². The molecule has 0 spiro atoms. The molecule has 0 saturated heterocycles. The maximum Gasteiger partial charge on any atom is 0.272 e. The Labute approximate surface area is 120 Å². The molecule has 0 saturated carbocycles. The van der Waals surface area contributed by atoms with Gasteiger partial charge in [-0.1, -0.05) is 23.7 Å². The molecule has 0 aliphatic rings. The van der Waals surface area contributed by atoms with Gasteiger partial charge in [0.05, 0.1) is 5.52 Å². The third kappa shape index (κ3) is 2.62. The predicted octanol–water partition coefficient (Wildman–Crippen LogP) is 2.31. The molecular weight excluding hydrogens is 276 g/mol. The van der Waals surface area contributed by atoms with Gasteiger partial charge in [-0.25, -0.2) is 0 Å². The van der Waals surface area contributed by atoms with E-state index < -0.39 is 0 Å². The summed E-state index contributed by atoms with van der Waals surface area (Å²) >= 11 is 5.81. The van der Waals surface area contributed by atoms with Gasteiger partial charge in [0.25, 0.3) is 5.91 Å². The SMILES string of the molecule is O=C(NCc1ccc(Cl)cc1)c1cc2cccnn2n1. The number of rotatable bonds is 3.